The van der Waals surface area contributed by atoms with Gasteiger partial charge in [-0.25, -0.2) is 4.79 Å². The van der Waals surface area contributed by atoms with Gasteiger partial charge in [0.1, 0.15) is 11.0 Å². The quantitative estimate of drug-likeness (QED) is 0.566. The molecule has 1 aliphatic heterocycles. The number of hydrogen-bond donors (Lipinski definition) is 2. The summed E-state index contributed by atoms with van der Waals surface area (Å²) in [6.07, 6.45) is 5.44. The smallest absolute Gasteiger partial charge is 0.346 e. The molecule has 32 heavy (non-hydrogen) atoms. The highest BCUT2D eigenvalue weighted by molar-refractivity contribution is 7.14. The van der Waals surface area contributed by atoms with Gasteiger partial charge in [-0.2, -0.15) is 0 Å². The van der Waals surface area contributed by atoms with Gasteiger partial charge in [0.25, 0.3) is 0 Å². The van der Waals surface area contributed by atoms with Gasteiger partial charge >= 0.3 is 5.97 Å². The van der Waals surface area contributed by atoms with E-state index in [1.165, 1.54) is 17.8 Å². The first-order valence-corrected chi connectivity index (χ1v) is 12.6. The van der Waals surface area contributed by atoms with Crippen LogP contribution in [0.1, 0.15) is 98.7 Å². The summed E-state index contributed by atoms with van der Waals surface area (Å²) in [5.41, 5.74) is 0.408. The number of carboxylic acid groups (broad SMARTS) is 1. The Labute approximate surface area is 195 Å². The molecular formula is C26H36O5S. The molecular weight excluding hydrogens is 424 g/mol. The van der Waals surface area contributed by atoms with E-state index in [9.17, 15) is 19.8 Å². The second-order valence-corrected chi connectivity index (χ2v) is 11.4. The van der Waals surface area contributed by atoms with Crippen LogP contribution in [0.4, 0.5) is 0 Å². The summed E-state index contributed by atoms with van der Waals surface area (Å²) in [6, 6.07) is 1.84. The van der Waals surface area contributed by atoms with Crippen LogP contribution in [0.3, 0.4) is 0 Å². The van der Waals surface area contributed by atoms with Crippen LogP contribution in [0.5, 0.6) is 0 Å². The van der Waals surface area contributed by atoms with Crippen molar-refractivity contribution < 1.29 is 24.5 Å². The molecule has 176 valence electrons. The van der Waals surface area contributed by atoms with Crippen LogP contribution in [-0.2, 0) is 9.53 Å². The molecule has 5 nitrogen and oxygen atoms in total. The molecule has 2 fully saturated rings. The summed E-state index contributed by atoms with van der Waals surface area (Å²) in [4.78, 5) is 26.7. The van der Waals surface area contributed by atoms with Gasteiger partial charge in [0.05, 0.1) is 23.5 Å². The zero-order valence-corrected chi connectivity index (χ0v) is 20.5. The van der Waals surface area contributed by atoms with E-state index < -0.39 is 24.1 Å². The van der Waals surface area contributed by atoms with Crippen molar-refractivity contribution in [1.82, 2.24) is 0 Å². The molecule has 1 aromatic heterocycles. The van der Waals surface area contributed by atoms with Crippen LogP contribution in [0, 0.1) is 29.1 Å². The SMILES string of the molecule is C[C@@H](O)CC[C@H]1OC[C@@H](C2CCCCC2)C(c2cc(C#CC(C)(C)C)sc2C(=O)O)C1=O. The number of hydrogen-bond acceptors (Lipinski definition) is 5. The Bertz CT molecular complexity index is 876. The maximum Gasteiger partial charge on any atom is 0.346 e. The Balaban J connectivity index is 2.00. The zero-order valence-electron chi connectivity index (χ0n) is 19.6. The van der Waals surface area contributed by atoms with Gasteiger partial charge in [0.15, 0.2) is 5.78 Å². The fraction of sp³-hybridized carbons (Fsp3) is 0.692. The fourth-order valence-electron chi connectivity index (χ4n) is 4.90. The van der Waals surface area contributed by atoms with Crippen LogP contribution in [0.15, 0.2) is 6.07 Å². The summed E-state index contributed by atoms with van der Waals surface area (Å²) in [6.45, 7) is 8.21. The van der Waals surface area contributed by atoms with Crippen LogP contribution >= 0.6 is 11.3 Å². The van der Waals surface area contributed by atoms with Gasteiger partial charge in [0.2, 0.25) is 0 Å². The number of ether oxygens (including phenoxy) is 1. The van der Waals surface area contributed by atoms with E-state index in [-0.39, 0.29) is 22.0 Å². The third kappa shape index (κ3) is 6.21. The lowest BCUT2D eigenvalue weighted by Gasteiger charge is -2.41. The molecule has 3 rings (SSSR count). The van der Waals surface area contributed by atoms with Crippen LogP contribution in [0.2, 0.25) is 0 Å². The number of ketones is 1. The highest BCUT2D eigenvalue weighted by atomic mass is 32.1. The molecule has 1 aliphatic carbocycles. The number of carbonyl (C=O) groups is 2. The fourth-order valence-corrected chi connectivity index (χ4v) is 5.80. The summed E-state index contributed by atoms with van der Waals surface area (Å²) >= 11 is 1.17. The predicted octanol–water partition coefficient (Wildman–Crippen LogP) is 5.25. The van der Waals surface area contributed by atoms with Crippen molar-refractivity contribution in [3.05, 3.63) is 21.4 Å². The maximum atomic E-state index is 13.7. The van der Waals surface area contributed by atoms with Crippen LogP contribution in [0.25, 0.3) is 0 Å². The number of rotatable bonds is 6. The topological polar surface area (TPSA) is 83.8 Å². The molecule has 0 aromatic carbocycles. The third-order valence-electron chi connectivity index (χ3n) is 6.49. The Morgan fingerprint density at radius 2 is 1.97 bits per heavy atom. The average molecular weight is 461 g/mol. The Kier molecular flexibility index (Phi) is 8.19. The molecule has 6 heteroatoms. The van der Waals surface area contributed by atoms with E-state index in [0.29, 0.717) is 35.8 Å². The van der Waals surface area contributed by atoms with Crippen molar-refractivity contribution in [3.63, 3.8) is 0 Å². The van der Waals surface area contributed by atoms with Crippen molar-refractivity contribution >= 4 is 23.1 Å². The van der Waals surface area contributed by atoms with Crippen molar-refractivity contribution in [2.24, 2.45) is 17.3 Å². The second-order valence-electron chi connectivity index (χ2n) is 10.4. The van der Waals surface area contributed by atoms with Gasteiger partial charge < -0.3 is 14.9 Å². The zero-order chi connectivity index (χ0) is 23.5. The number of aliphatic hydroxyl groups is 1. The number of carboxylic acids is 1. The van der Waals surface area contributed by atoms with E-state index in [4.69, 9.17) is 4.74 Å². The molecule has 1 aromatic rings. The van der Waals surface area contributed by atoms with Gasteiger partial charge in [0, 0.05) is 5.41 Å². The van der Waals surface area contributed by atoms with Crippen molar-refractivity contribution in [1.29, 1.82) is 0 Å². The van der Waals surface area contributed by atoms with Crippen molar-refractivity contribution in [2.45, 2.75) is 90.8 Å². The molecule has 1 saturated carbocycles. The third-order valence-corrected chi connectivity index (χ3v) is 7.55. The highest BCUT2D eigenvalue weighted by Gasteiger charge is 2.45. The number of Topliss-reactive ketones (excluding diaryl/α,β-unsaturated/α-hetero) is 1. The Hall–Kier alpha value is -1.68. The van der Waals surface area contributed by atoms with E-state index >= 15 is 0 Å². The van der Waals surface area contributed by atoms with Gasteiger partial charge in [-0.15, -0.1) is 11.3 Å². The number of carbonyl (C=O) groups excluding carboxylic acids is 1. The molecule has 0 spiro atoms. The van der Waals surface area contributed by atoms with Crippen molar-refractivity contribution in [2.75, 3.05) is 6.61 Å². The molecule has 1 saturated heterocycles. The molecule has 2 heterocycles. The largest absolute Gasteiger partial charge is 0.477 e. The molecule has 2 aliphatic rings. The molecule has 0 radical (unpaired) electrons. The molecule has 1 unspecified atom stereocenters. The first-order chi connectivity index (χ1) is 15.1. The van der Waals surface area contributed by atoms with E-state index in [1.807, 2.05) is 26.8 Å². The number of aliphatic hydroxyl groups excluding tert-OH is 1. The van der Waals surface area contributed by atoms with E-state index in [2.05, 4.69) is 11.8 Å². The minimum Gasteiger partial charge on any atom is -0.477 e. The molecule has 0 amide bonds. The first-order valence-electron chi connectivity index (χ1n) is 11.8. The standard InChI is InChI=1S/C26H36O5S/c1-16(27)10-11-21-23(28)22(20(15-31-21)17-8-6-5-7-9-17)19-14-18(12-13-26(2,3)4)32-24(19)25(29)30/h14,16-17,20-22,27H,5-11,15H2,1-4H3,(H,29,30)/t16-,20+,21-,22?/m1/s1. The minimum atomic E-state index is -1.00. The molecule has 4 atom stereocenters. The van der Waals surface area contributed by atoms with Gasteiger partial charge in [-0.05, 0) is 64.0 Å². The maximum absolute atomic E-state index is 13.7. The van der Waals surface area contributed by atoms with Crippen molar-refractivity contribution in [3.8, 4) is 11.8 Å². The normalized spacial score (nSPS) is 25.8. The average Bonchev–Trinajstić information content (AvgIpc) is 3.15. The monoisotopic (exact) mass is 460 g/mol. The van der Waals surface area contributed by atoms with Gasteiger partial charge in [-0.1, -0.05) is 43.9 Å². The minimum absolute atomic E-state index is 0.0123. The van der Waals surface area contributed by atoms with E-state index in [1.54, 1.807) is 6.92 Å². The second kappa shape index (κ2) is 10.5. The number of thiophene rings is 1. The Morgan fingerprint density at radius 1 is 1.28 bits per heavy atom. The summed E-state index contributed by atoms with van der Waals surface area (Å²) in [5, 5.41) is 19.6. The lowest BCUT2D eigenvalue weighted by molar-refractivity contribution is -0.146. The lowest BCUT2D eigenvalue weighted by atomic mass is 9.68. The summed E-state index contributed by atoms with van der Waals surface area (Å²) < 4.78 is 6.02. The first kappa shape index (κ1) is 25.0. The van der Waals surface area contributed by atoms with Gasteiger partial charge in [-0.3, -0.25) is 4.79 Å². The predicted molar refractivity (Wildman–Crippen MR) is 126 cm³/mol. The number of aromatic carboxylic acids is 1. The summed E-state index contributed by atoms with van der Waals surface area (Å²) in [5.74, 6) is 5.13. The van der Waals surface area contributed by atoms with E-state index in [0.717, 1.165) is 25.7 Å². The van der Waals surface area contributed by atoms with Crippen LogP contribution in [-0.4, -0.2) is 40.8 Å². The lowest BCUT2D eigenvalue weighted by Crippen LogP contribution is -2.45. The van der Waals surface area contributed by atoms with Crippen LogP contribution < -0.4 is 0 Å². The summed E-state index contributed by atoms with van der Waals surface area (Å²) in [7, 11) is 0. The Morgan fingerprint density at radius 3 is 2.56 bits per heavy atom. The molecule has 2 N–H and O–H groups in total. The molecule has 0 bridgehead atoms. The highest BCUT2D eigenvalue weighted by Crippen LogP contribution is 2.45.